The zero-order valence-corrected chi connectivity index (χ0v) is 15.0. The first-order valence-electron chi connectivity index (χ1n) is 9.27. The molecule has 1 saturated carbocycles. The first kappa shape index (κ1) is 16.8. The Kier molecular flexibility index (Phi) is 4.49. The number of imidazole rings is 1. The second-order valence-electron chi connectivity index (χ2n) is 7.17. The van der Waals surface area contributed by atoms with Crippen LogP contribution in [0.4, 0.5) is 0 Å². The Balaban J connectivity index is 1.41. The summed E-state index contributed by atoms with van der Waals surface area (Å²) in [6, 6.07) is 10.1. The van der Waals surface area contributed by atoms with Crippen molar-refractivity contribution in [3.63, 3.8) is 0 Å². The molecule has 4 rings (SSSR count). The van der Waals surface area contributed by atoms with Gasteiger partial charge in [0.25, 0.3) is 0 Å². The number of benzene rings is 1. The minimum absolute atomic E-state index is 0.00416. The quantitative estimate of drug-likeness (QED) is 0.799. The van der Waals surface area contributed by atoms with Crippen molar-refractivity contribution < 1.29 is 9.59 Å². The van der Waals surface area contributed by atoms with Crippen LogP contribution in [0.5, 0.6) is 0 Å². The van der Waals surface area contributed by atoms with Crippen molar-refractivity contribution >= 4 is 11.8 Å². The van der Waals surface area contributed by atoms with Crippen molar-refractivity contribution in [1.29, 1.82) is 0 Å². The molecule has 2 amide bonds. The summed E-state index contributed by atoms with van der Waals surface area (Å²) in [5.41, 5.74) is 1.18. The lowest BCUT2D eigenvalue weighted by molar-refractivity contribution is -0.155. The summed E-state index contributed by atoms with van der Waals surface area (Å²) in [5.74, 6) is 0.888. The molecule has 1 aliphatic carbocycles. The van der Waals surface area contributed by atoms with Crippen molar-refractivity contribution in [2.45, 2.75) is 44.8 Å². The maximum absolute atomic E-state index is 12.8. The van der Waals surface area contributed by atoms with E-state index in [4.69, 9.17) is 0 Å². The Morgan fingerprint density at radius 3 is 2.65 bits per heavy atom. The molecule has 6 nitrogen and oxygen atoms in total. The second kappa shape index (κ2) is 6.94. The Hall–Kier alpha value is -2.63. The smallest absolute Gasteiger partial charge is 0.245 e. The van der Waals surface area contributed by atoms with Crippen LogP contribution in [-0.4, -0.2) is 50.3 Å². The molecule has 0 N–H and O–H groups in total. The van der Waals surface area contributed by atoms with E-state index in [9.17, 15) is 9.59 Å². The summed E-state index contributed by atoms with van der Waals surface area (Å²) in [6.45, 7) is 2.95. The zero-order valence-electron chi connectivity index (χ0n) is 15.0. The van der Waals surface area contributed by atoms with Crippen molar-refractivity contribution in [3.05, 3.63) is 54.1 Å². The summed E-state index contributed by atoms with van der Waals surface area (Å²) < 4.78 is 2.15. The van der Waals surface area contributed by atoms with Crippen LogP contribution in [0.25, 0.3) is 0 Å². The lowest BCUT2D eigenvalue weighted by Gasteiger charge is -2.38. The molecule has 0 radical (unpaired) electrons. The average Bonchev–Trinajstić information content (AvgIpc) is 3.40. The Labute approximate surface area is 153 Å². The lowest BCUT2D eigenvalue weighted by atomic mass is 10.1. The van der Waals surface area contributed by atoms with E-state index in [1.807, 2.05) is 43.5 Å². The van der Waals surface area contributed by atoms with E-state index in [1.54, 1.807) is 16.0 Å². The first-order valence-corrected chi connectivity index (χ1v) is 9.27. The van der Waals surface area contributed by atoms with Gasteiger partial charge in [0, 0.05) is 25.0 Å². The number of hydrogen-bond donors (Lipinski definition) is 0. The van der Waals surface area contributed by atoms with Gasteiger partial charge in [-0.05, 0) is 31.7 Å². The lowest BCUT2D eigenvalue weighted by Crippen LogP contribution is -2.58. The fourth-order valence-electron chi connectivity index (χ4n) is 3.57. The highest BCUT2D eigenvalue weighted by molar-refractivity contribution is 5.94. The fourth-order valence-corrected chi connectivity index (χ4v) is 3.57. The number of nitrogens with zero attached hydrogens (tertiary/aromatic N) is 4. The van der Waals surface area contributed by atoms with Gasteiger partial charge in [-0.2, -0.15) is 0 Å². The average molecular weight is 352 g/mol. The van der Waals surface area contributed by atoms with E-state index in [1.165, 1.54) is 18.4 Å². The maximum atomic E-state index is 12.8. The maximum Gasteiger partial charge on any atom is 0.245 e. The Morgan fingerprint density at radius 1 is 1.15 bits per heavy atom. The second-order valence-corrected chi connectivity index (χ2v) is 7.17. The van der Waals surface area contributed by atoms with E-state index in [2.05, 4.69) is 9.55 Å². The summed E-state index contributed by atoms with van der Waals surface area (Å²) in [7, 11) is 0. The molecule has 6 heteroatoms. The molecule has 26 heavy (non-hydrogen) atoms. The van der Waals surface area contributed by atoms with Crippen LogP contribution in [-0.2, 0) is 22.6 Å². The molecule has 0 unspecified atom stereocenters. The summed E-state index contributed by atoms with van der Waals surface area (Å²) in [4.78, 5) is 33.2. The summed E-state index contributed by atoms with van der Waals surface area (Å²) in [6.07, 6.45) is 6.84. The van der Waals surface area contributed by atoms with E-state index in [0.717, 1.165) is 12.2 Å². The first-order chi connectivity index (χ1) is 12.6. The van der Waals surface area contributed by atoms with Crippen LogP contribution in [0, 0.1) is 0 Å². The standard InChI is InChI=1S/C20H24N4O2/c1-15-20(26)22(11-9-16-5-3-2-4-6-16)14-19(25)24(15)13-18-21-10-12-23(18)17-7-8-17/h2-6,10,12,15,17H,7-9,11,13-14H2,1H3/t15-/m1/s1. The molecular formula is C20H24N4O2. The number of hydrogen-bond acceptors (Lipinski definition) is 3. The number of piperazine rings is 1. The third-order valence-corrected chi connectivity index (χ3v) is 5.30. The Morgan fingerprint density at radius 2 is 1.92 bits per heavy atom. The van der Waals surface area contributed by atoms with Gasteiger partial charge in [0.05, 0.1) is 13.1 Å². The monoisotopic (exact) mass is 352 g/mol. The predicted molar refractivity (Wildman–Crippen MR) is 97.2 cm³/mol. The Bertz CT molecular complexity index is 797. The fraction of sp³-hybridized carbons (Fsp3) is 0.450. The molecular weight excluding hydrogens is 328 g/mol. The molecule has 0 bridgehead atoms. The van der Waals surface area contributed by atoms with Crippen LogP contribution in [0.1, 0.15) is 37.2 Å². The van der Waals surface area contributed by atoms with Gasteiger partial charge in [-0.25, -0.2) is 4.98 Å². The summed E-state index contributed by atoms with van der Waals surface area (Å²) in [5, 5.41) is 0. The van der Waals surface area contributed by atoms with E-state index >= 15 is 0 Å². The van der Waals surface area contributed by atoms with Gasteiger partial charge in [0.1, 0.15) is 11.9 Å². The third kappa shape index (κ3) is 3.36. The van der Waals surface area contributed by atoms with Crippen molar-refractivity contribution in [3.8, 4) is 0 Å². The highest BCUT2D eigenvalue weighted by Gasteiger charge is 2.37. The largest absolute Gasteiger partial charge is 0.331 e. The van der Waals surface area contributed by atoms with Crippen molar-refractivity contribution in [2.24, 2.45) is 0 Å². The number of carbonyl (C=O) groups is 2. The van der Waals surface area contributed by atoms with Gasteiger partial charge in [0.2, 0.25) is 11.8 Å². The van der Waals surface area contributed by atoms with E-state index in [-0.39, 0.29) is 18.4 Å². The van der Waals surface area contributed by atoms with Gasteiger partial charge >= 0.3 is 0 Å². The van der Waals surface area contributed by atoms with Gasteiger partial charge in [0.15, 0.2) is 0 Å². The molecule has 136 valence electrons. The normalized spacial score (nSPS) is 20.7. The van der Waals surface area contributed by atoms with E-state index in [0.29, 0.717) is 19.1 Å². The van der Waals surface area contributed by atoms with Crippen LogP contribution in [0.2, 0.25) is 0 Å². The molecule has 1 saturated heterocycles. The SMILES string of the molecule is C[C@@H]1C(=O)N(CCc2ccccc2)CC(=O)N1Cc1nccn1C1CC1. The molecule has 1 aliphatic heterocycles. The molecule has 1 aromatic carbocycles. The van der Waals surface area contributed by atoms with E-state index < -0.39 is 6.04 Å². The molecule has 0 spiro atoms. The minimum Gasteiger partial charge on any atom is -0.331 e. The van der Waals surface area contributed by atoms with Crippen LogP contribution >= 0.6 is 0 Å². The molecule has 1 atom stereocenters. The molecule has 1 aromatic heterocycles. The summed E-state index contributed by atoms with van der Waals surface area (Å²) >= 11 is 0. The molecule has 2 aliphatic rings. The van der Waals surface area contributed by atoms with Gasteiger partial charge in [-0.15, -0.1) is 0 Å². The van der Waals surface area contributed by atoms with Crippen molar-refractivity contribution in [1.82, 2.24) is 19.4 Å². The van der Waals surface area contributed by atoms with Crippen molar-refractivity contribution in [2.75, 3.05) is 13.1 Å². The predicted octanol–water partition coefficient (Wildman–Crippen LogP) is 2.02. The molecule has 2 aromatic rings. The number of rotatable bonds is 6. The zero-order chi connectivity index (χ0) is 18.1. The third-order valence-electron chi connectivity index (χ3n) is 5.30. The number of carbonyl (C=O) groups excluding carboxylic acids is 2. The highest BCUT2D eigenvalue weighted by atomic mass is 16.2. The van der Waals surface area contributed by atoms with Gasteiger partial charge in [-0.3, -0.25) is 9.59 Å². The van der Waals surface area contributed by atoms with Gasteiger partial charge in [-0.1, -0.05) is 30.3 Å². The number of aromatic nitrogens is 2. The topological polar surface area (TPSA) is 58.4 Å². The molecule has 2 fully saturated rings. The minimum atomic E-state index is -0.448. The number of amides is 2. The van der Waals surface area contributed by atoms with Crippen LogP contribution in [0.3, 0.4) is 0 Å². The highest BCUT2D eigenvalue weighted by Crippen LogP contribution is 2.35. The van der Waals surface area contributed by atoms with Crippen LogP contribution in [0.15, 0.2) is 42.7 Å². The van der Waals surface area contributed by atoms with Gasteiger partial charge < -0.3 is 14.4 Å². The van der Waals surface area contributed by atoms with Crippen LogP contribution < -0.4 is 0 Å². The molecule has 2 heterocycles.